The van der Waals surface area contributed by atoms with E-state index < -0.39 is 0 Å². The lowest BCUT2D eigenvalue weighted by atomic mass is 10.1. The molecule has 6 heteroatoms. The summed E-state index contributed by atoms with van der Waals surface area (Å²) in [6.07, 6.45) is 3.11. The van der Waals surface area contributed by atoms with Gasteiger partial charge < -0.3 is 5.73 Å². The first-order valence-electron chi connectivity index (χ1n) is 5.15. The normalized spacial score (nSPS) is 13.0. The zero-order chi connectivity index (χ0) is 11.3. The molecule has 0 spiro atoms. The van der Waals surface area contributed by atoms with Crippen molar-refractivity contribution in [3.05, 3.63) is 10.5 Å². The Morgan fingerprint density at radius 2 is 2.40 bits per heavy atom. The fourth-order valence-electron chi connectivity index (χ4n) is 1.17. The van der Waals surface area contributed by atoms with Crippen LogP contribution in [0.2, 0.25) is 0 Å². The predicted molar refractivity (Wildman–Crippen MR) is 62.1 cm³/mol. The number of aromatic nitrogens is 3. The number of thioether (sulfide) groups is 1. The molecule has 5 nitrogen and oxygen atoms in total. The van der Waals surface area contributed by atoms with E-state index in [0.717, 1.165) is 30.2 Å². The van der Waals surface area contributed by atoms with E-state index in [-0.39, 0.29) is 5.69 Å². The molecule has 1 heterocycles. The van der Waals surface area contributed by atoms with Gasteiger partial charge in [-0.25, -0.2) is 9.89 Å². The molecule has 15 heavy (non-hydrogen) atoms. The maximum absolute atomic E-state index is 11.0. The summed E-state index contributed by atoms with van der Waals surface area (Å²) in [5, 5.41) is 7.06. The summed E-state index contributed by atoms with van der Waals surface area (Å²) in [6.45, 7) is 2.09. The van der Waals surface area contributed by atoms with E-state index in [1.165, 1.54) is 4.57 Å². The van der Waals surface area contributed by atoms with Crippen LogP contribution in [-0.2, 0) is 7.05 Å². The largest absolute Gasteiger partial charge is 0.343 e. The van der Waals surface area contributed by atoms with E-state index in [1.54, 1.807) is 18.8 Å². The maximum Gasteiger partial charge on any atom is 0.343 e. The van der Waals surface area contributed by atoms with Crippen LogP contribution in [0.4, 0.5) is 0 Å². The van der Waals surface area contributed by atoms with Crippen molar-refractivity contribution in [2.24, 2.45) is 12.8 Å². The molecule has 86 valence electrons. The number of hydrogen-bond acceptors (Lipinski definition) is 4. The highest BCUT2D eigenvalue weighted by Crippen LogP contribution is 2.14. The summed E-state index contributed by atoms with van der Waals surface area (Å²) in [5.74, 6) is 0.950. The van der Waals surface area contributed by atoms with Gasteiger partial charge in [-0.3, -0.25) is 4.57 Å². The quantitative estimate of drug-likeness (QED) is 0.557. The van der Waals surface area contributed by atoms with E-state index in [1.807, 2.05) is 0 Å². The maximum atomic E-state index is 11.0. The summed E-state index contributed by atoms with van der Waals surface area (Å²) >= 11 is 1.59. The molecule has 1 rings (SSSR count). The molecule has 0 aliphatic carbocycles. The Bertz CT molecular complexity index is 346. The smallest absolute Gasteiger partial charge is 0.328 e. The highest BCUT2D eigenvalue weighted by molar-refractivity contribution is 7.99. The first-order chi connectivity index (χ1) is 7.15. The SMILES string of the molecule is CCC(N)CCCSc1n[nH]c(=O)n1C. The number of nitrogens with zero attached hydrogens (tertiary/aromatic N) is 2. The lowest BCUT2D eigenvalue weighted by Gasteiger charge is -2.06. The Balaban J connectivity index is 2.26. The minimum Gasteiger partial charge on any atom is -0.328 e. The highest BCUT2D eigenvalue weighted by atomic mass is 32.2. The van der Waals surface area contributed by atoms with Crippen molar-refractivity contribution in [2.45, 2.75) is 37.4 Å². The Hall–Kier alpha value is -0.750. The second-order valence-corrected chi connectivity index (χ2v) is 4.59. The number of rotatable bonds is 6. The molecule has 0 saturated heterocycles. The van der Waals surface area contributed by atoms with Gasteiger partial charge in [0.05, 0.1) is 0 Å². The third-order valence-corrected chi connectivity index (χ3v) is 3.43. The number of nitrogens with two attached hydrogens (primary N) is 1. The Morgan fingerprint density at radius 1 is 1.67 bits per heavy atom. The van der Waals surface area contributed by atoms with Crippen LogP contribution in [0.1, 0.15) is 26.2 Å². The second-order valence-electron chi connectivity index (χ2n) is 3.53. The second kappa shape index (κ2) is 5.97. The van der Waals surface area contributed by atoms with Gasteiger partial charge in [0.2, 0.25) is 0 Å². The van der Waals surface area contributed by atoms with E-state index in [0.29, 0.717) is 6.04 Å². The number of hydrogen-bond donors (Lipinski definition) is 2. The third kappa shape index (κ3) is 3.71. The summed E-state index contributed by atoms with van der Waals surface area (Å²) in [7, 11) is 1.71. The van der Waals surface area contributed by atoms with Crippen LogP contribution in [0.25, 0.3) is 0 Å². The number of nitrogens with one attached hydrogen (secondary N) is 1. The van der Waals surface area contributed by atoms with Crippen LogP contribution in [-0.4, -0.2) is 26.6 Å². The first kappa shape index (κ1) is 12.3. The molecule has 0 fully saturated rings. The van der Waals surface area contributed by atoms with Crippen LogP contribution in [0.3, 0.4) is 0 Å². The molecule has 0 saturated carbocycles. The molecule has 0 amide bonds. The summed E-state index contributed by atoms with van der Waals surface area (Å²) in [4.78, 5) is 11.0. The molecule has 0 aliphatic rings. The topological polar surface area (TPSA) is 76.7 Å². The monoisotopic (exact) mass is 230 g/mol. The molecule has 3 N–H and O–H groups in total. The van der Waals surface area contributed by atoms with Gasteiger partial charge in [0, 0.05) is 18.8 Å². The van der Waals surface area contributed by atoms with E-state index >= 15 is 0 Å². The van der Waals surface area contributed by atoms with Gasteiger partial charge in [-0.15, -0.1) is 5.10 Å². The summed E-state index contributed by atoms with van der Waals surface area (Å²) in [5.41, 5.74) is 5.64. The van der Waals surface area contributed by atoms with Gasteiger partial charge in [0.25, 0.3) is 0 Å². The summed E-state index contributed by atoms with van der Waals surface area (Å²) < 4.78 is 1.52. The van der Waals surface area contributed by atoms with Gasteiger partial charge in [-0.1, -0.05) is 18.7 Å². The Morgan fingerprint density at radius 3 is 2.93 bits per heavy atom. The zero-order valence-electron chi connectivity index (χ0n) is 9.19. The summed E-state index contributed by atoms with van der Waals surface area (Å²) in [6, 6.07) is 0.300. The van der Waals surface area contributed by atoms with Crippen molar-refractivity contribution >= 4 is 11.8 Å². The van der Waals surface area contributed by atoms with Gasteiger partial charge in [-0.2, -0.15) is 0 Å². The third-order valence-electron chi connectivity index (χ3n) is 2.31. The van der Waals surface area contributed by atoms with Crippen LogP contribution in [0.5, 0.6) is 0 Å². The van der Waals surface area contributed by atoms with Crippen molar-refractivity contribution in [1.29, 1.82) is 0 Å². The molecule has 1 aromatic rings. The van der Waals surface area contributed by atoms with Crippen LogP contribution in [0, 0.1) is 0 Å². The minimum atomic E-state index is -0.164. The van der Waals surface area contributed by atoms with E-state index in [2.05, 4.69) is 17.1 Å². The van der Waals surface area contributed by atoms with Crippen molar-refractivity contribution in [3.63, 3.8) is 0 Å². The van der Waals surface area contributed by atoms with Crippen molar-refractivity contribution in [1.82, 2.24) is 14.8 Å². The fourth-order valence-corrected chi connectivity index (χ4v) is 2.06. The lowest BCUT2D eigenvalue weighted by Crippen LogP contribution is -2.18. The molecule has 0 radical (unpaired) electrons. The fraction of sp³-hybridized carbons (Fsp3) is 0.778. The molecule has 0 aromatic carbocycles. The molecule has 0 bridgehead atoms. The van der Waals surface area contributed by atoms with Crippen molar-refractivity contribution in [2.75, 3.05) is 5.75 Å². The Labute approximate surface area is 93.4 Å². The molecule has 1 aromatic heterocycles. The average Bonchev–Trinajstić information content (AvgIpc) is 2.55. The minimum absolute atomic E-state index is 0.164. The van der Waals surface area contributed by atoms with Crippen molar-refractivity contribution < 1.29 is 0 Å². The first-order valence-corrected chi connectivity index (χ1v) is 6.13. The molecule has 1 unspecified atom stereocenters. The van der Waals surface area contributed by atoms with Gasteiger partial charge in [0.15, 0.2) is 5.16 Å². The van der Waals surface area contributed by atoms with Gasteiger partial charge >= 0.3 is 5.69 Å². The van der Waals surface area contributed by atoms with E-state index in [4.69, 9.17) is 5.73 Å². The van der Waals surface area contributed by atoms with Crippen molar-refractivity contribution in [3.8, 4) is 0 Å². The molecular weight excluding hydrogens is 212 g/mol. The highest BCUT2D eigenvalue weighted by Gasteiger charge is 2.04. The van der Waals surface area contributed by atoms with E-state index in [9.17, 15) is 4.79 Å². The van der Waals surface area contributed by atoms with Crippen LogP contribution < -0.4 is 11.4 Å². The van der Waals surface area contributed by atoms with Crippen LogP contribution in [0.15, 0.2) is 9.95 Å². The van der Waals surface area contributed by atoms with Crippen LogP contribution >= 0.6 is 11.8 Å². The van der Waals surface area contributed by atoms with Gasteiger partial charge in [-0.05, 0) is 19.3 Å². The molecular formula is C9H18N4OS. The molecule has 0 aliphatic heterocycles. The Kier molecular flexibility index (Phi) is 4.90. The lowest BCUT2D eigenvalue weighted by molar-refractivity contribution is 0.589. The predicted octanol–water partition coefficient (Wildman–Crippen LogP) is 0.718. The zero-order valence-corrected chi connectivity index (χ0v) is 10.0. The number of H-pyrrole nitrogens is 1. The molecule has 1 atom stereocenters. The number of aromatic amines is 1. The average molecular weight is 230 g/mol. The van der Waals surface area contributed by atoms with Gasteiger partial charge in [0.1, 0.15) is 0 Å². The standard InChI is InChI=1S/C9H18N4OS/c1-3-7(10)5-4-6-15-9-12-11-8(14)13(9)2/h7H,3-6,10H2,1-2H3,(H,11,14).